The molecular formula is C17H26N4OS. The molecule has 2 fully saturated rings. The van der Waals surface area contributed by atoms with Crippen LogP contribution in [0, 0.1) is 11.8 Å². The highest BCUT2D eigenvalue weighted by Crippen LogP contribution is 2.32. The Balaban J connectivity index is 1.46. The van der Waals surface area contributed by atoms with Gasteiger partial charge in [-0.2, -0.15) is 11.8 Å². The van der Waals surface area contributed by atoms with Crippen LogP contribution in [0.5, 0.6) is 0 Å². The fourth-order valence-electron chi connectivity index (χ4n) is 3.77. The number of nitrogens with zero attached hydrogens (tertiary/aromatic N) is 4. The number of amides is 1. The van der Waals surface area contributed by atoms with Crippen molar-refractivity contribution >= 4 is 23.6 Å². The van der Waals surface area contributed by atoms with Crippen LogP contribution in [0.3, 0.4) is 0 Å². The number of rotatable bonds is 5. The lowest BCUT2D eigenvalue weighted by atomic mass is 9.84. The summed E-state index contributed by atoms with van der Waals surface area (Å²) in [4.78, 5) is 25.2. The van der Waals surface area contributed by atoms with Crippen molar-refractivity contribution in [1.82, 2.24) is 14.9 Å². The van der Waals surface area contributed by atoms with Gasteiger partial charge in [-0.05, 0) is 43.4 Å². The molecule has 3 heterocycles. The number of hydrogen-bond acceptors (Lipinski definition) is 5. The molecule has 0 radical (unpaired) electrons. The van der Waals surface area contributed by atoms with Gasteiger partial charge in [0.2, 0.25) is 11.9 Å². The van der Waals surface area contributed by atoms with Gasteiger partial charge in [-0.25, -0.2) is 9.97 Å². The van der Waals surface area contributed by atoms with E-state index in [1.54, 1.807) is 11.8 Å². The summed E-state index contributed by atoms with van der Waals surface area (Å²) in [6, 6.07) is 1.86. The van der Waals surface area contributed by atoms with Gasteiger partial charge in [-0.3, -0.25) is 4.79 Å². The standard InChI is InChI=1S/C17H26N4OS/c1-23-12-6-16(22)21-11-5-15(13-21)14-3-9-20(10-4-14)17-18-7-2-8-19-17/h2,7-8,14-15H,3-6,9-13H2,1H3/t15-/m1/s1. The van der Waals surface area contributed by atoms with Crippen molar-refractivity contribution < 1.29 is 4.79 Å². The summed E-state index contributed by atoms with van der Waals surface area (Å²) in [5.74, 6) is 3.57. The van der Waals surface area contributed by atoms with Crippen LogP contribution < -0.4 is 4.90 Å². The van der Waals surface area contributed by atoms with Crippen molar-refractivity contribution in [3.8, 4) is 0 Å². The number of hydrogen-bond donors (Lipinski definition) is 0. The Morgan fingerprint density at radius 3 is 2.57 bits per heavy atom. The Hall–Kier alpha value is -1.30. The molecule has 23 heavy (non-hydrogen) atoms. The van der Waals surface area contributed by atoms with Crippen LogP contribution in [0.1, 0.15) is 25.7 Å². The van der Waals surface area contributed by atoms with Crippen LogP contribution in [0.25, 0.3) is 0 Å². The Morgan fingerprint density at radius 1 is 1.17 bits per heavy atom. The Labute approximate surface area is 142 Å². The van der Waals surface area contributed by atoms with Gasteiger partial charge in [0.25, 0.3) is 0 Å². The van der Waals surface area contributed by atoms with Crippen molar-refractivity contribution in [2.45, 2.75) is 25.7 Å². The van der Waals surface area contributed by atoms with Crippen LogP contribution in [0.15, 0.2) is 18.5 Å². The summed E-state index contributed by atoms with van der Waals surface area (Å²) in [5.41, 5.74) is 0. The predicted molar refractivity (Wildman–Crippen MR) is 94.7 cm³/mol. The highest BCUT2D eigenvalue weighted by Gasteiger charge is 2.33. The second kappa shape index (κ2) is 7.99. The van der Waals surface area contributed by atoms with Crippen LogP contribution in [-0.2, 0) is 4.79 Å². The van der Waals surface area contributed by atoms with Crippen molar-refractivity contribution in [2.75, 3.05) is 43.1 Å². The lowest BCUT2D eigenvalue weighted by molar-refractivity contribution is -0.129. The molecule has 2 aliphatic rings. The molecule has 1 amide bonds. The van der Waals surface area contributed by atoms with Crippen molar-refractivity contribution in [1.29, 1.82) is 0 Å². The maximum absolute atomic E-state index is 12.2. The third-order valence-corrected chi connectivity index (χ3v) is 5.75. The molecule has 0 bridgehead atoms. The highest BCUT2D eigenvalue weighted by atomic mass is 32.2. The van der Waals surface area contributed by atoms with E-state index in [1.165, 1.54) is 19.3 Å². The molecule has 2 saturated heterocycles. The summed E-state index contributed by atoms with van der Waals surface area (Å²) in [6.07, 6.45) is 9.93. The Morgan fingerprint density at radius 2 is 1.87 bits per heavy atom. The third kappa shape index (κ3) is 4.16. The lowest BCUT2D eigenvalue weighted by Crippen LogP contribution is -2.38. The summed E-state index contributed by atoms with van der Waals surface area (Å²) in [7, 11) is 0. The molecule has 3 rings (SSSR count). The summed E-state index contributed by atoms with van der Waals surface area (Å²) in [6.45, 7) is 4.00. The van der Waals surface area contributed by atoms with E-state index in [0.29, 0.717) is 18.2 Å². The molecule has 1 aromatic rings. The van der Waals surface area contributed by atoms with Crippen LogP contribution in [0.2, 0.25) is 0 Å². The quantitative estimate of drug-likeness (QED) is 0.827. The molecule has 6 heteroatoms. The smallest absolute Gasteiger partial charge is 0.225 e. The zero-order valence-corrected chi connectivity index (χ0v) is 14.7. The van der Waals surface area contributed by atoms with Crippen LogP contribution in [-0.4, -0.2) is 59.0 Å². The van der Waals surface area contributed by atoms with Gasteiger partial charge in [0.15, 0.2) is 0 Å². The van der Waals surface area contributed by atoms with Crippen LogP contribution >= 0.6 is 11.8 Å². The van der Waals surface area contributed by atoms with Gasteiger partial charge >= 0.3 is 0 Å². The lowest BCUT2D eigenvalue weighted by Gasteiger charge is -2.34. The number of piperidine rings is 1. The Kier molecular flexibility index (Phi) is 5.75. The average molecular weight is 334 g/mol. The number of carbonyl (C=O) groups is 1. The first-order valence-electron chi connectivity index (χ1n) is 8.56. The van der Waals surface area contributed by atoms with E-state index in [-0.39, 0.29) is 0 Å². The van der Waals surface area contributed by atoms with E-state index in [0.717, 1.165) is 43.8 Å². The second-order valence-corrected chi connectivity index (χ2v) is 7.49. The number of aromatic nitrogens is 2. The van der Waals surface area contributed by atoms with Gasteiger partial charge in [0.1, 0.15) is 0 Å². The first-order valence-corrected chi connectivity index (χ1v) is 9.96. The molecule has 0 N–H and O–H groups in total. The first kappa shape index (κ1) is 16.6. The summed E-state index contributed by atoms with van der Waals surface area (Å²) < 4.78 is 0. The molecular weight excluding hydrogens is 308 g/mol. The van der Waals surface area contributed by atoms with Gasteiger partial charge in [-0.15, -0.1) is 0 Å². The van der Waals surface area contributed by atoms with E-state index in [2.05, 4.69) is 26.0 Å². The molecule has 1 aromatic heterocycles. The van der Waals surface area contributed by atoms with E-state index in [4.69, 9.17) is 0 Å². The minimum atomic E-state index is 0.344. The van der Waals surface area contributed by atoms with E-state index >= 15 is 0 Å². The topological polar surface area (TPSA) is 49.3 Å². The van der Waals surface area contributed by atoms with Crippen LogP contribution in [0.4, 0.5) is 5.95 Å². The molecule has 5 nitrogen and oxygen atoms in total. The highest BCUT2D eigenvalue weighted by molar-refractivity contribution is 7.98. The minimum absolute atomic E-state index is 0.344. The maximum atomic E-state index is 12.2. The maximum Gasteiger partial charge on any atom is 0.225 e. The van der Waals surface area contributed by atoms with Crippen molar-refractivity contribution in [2.24, 2.45) is 11.8 Å². The molecule has 0 spiro atoms. The Bertz CT molecular complexity index is 505. The summed E-state index contributed by atoms with van der Waals surface area (Å²) >= 11 is 1.75. The number of carbonyl (C=O) groups excluding carboxylic acids is 1. The molecule has 0 aromatic carbocycles. The van der Waals surface area contributed by atoms with Crippen molar-refractivity contribution in [3.05, 3.63) is 18.5 Å². The molecule has 2 aliphatic heterocycles. The van der Waals surface area contributed by atoms with Gasteiger partial charge in [0.05, 0.1) is 0 Å². The number of thioether (sulfide) groups is 1. The monoisotopic (exact) mass is 334 g/mol. The van der Waals surface area contributed by atoms with Gasteiger partial charge in [-0.1, -0.05) is 0 Å². The van der Waals surface area contributed by atoms with E-state index in [1.807, 2.05) is 18.5 Å². The third-order valence-electron chi connectivity index (χ3n) is 5.14. The molecule has 0 aliphatic carbocycles. The number of likely N-dealkylation sites (tertiary alicyclic amines) is 1. The van der Waals surface area contributed by atoms with Gasteiger partial charge in [0, 0.05) is 50.7 Å². The SMILES string of the molecule is CSCCC(=O)N1CC[C@@H](C2CCN(c3ncccn3)CC2)C1. The largest absolute Gasteiger partial charge is 0.342 e. The van der Waals surface area contributed by atoms with E-state index < -0.39 is 0 Å². The normalized spacial score (nSPS) is 22.6. The summed E-state index contributed by atoms with van der Waals surface area (Å²) in [5, 5.41) is 0. The number of anilines is 1. The zero-order valence-electron chi connectivity index (χ0n) is 13.9. The first-order chi connectivity index (χ1) is 11.3. The second-order valence-electron chi connectivity index (χ2n) is 6.50. The van der Waals surface area contributed by atoms with Crippen molar-refractivity contribution in [3.63, 3.8) is 0 Å². The molecule has 126 valence electrons. The molecule has 1 atom stereocenters. The fraction of sp³-hybridized carbons (Fsp3) is 0.706. The van der Waals surface area contributed by atoms with Gasteiger partial charge < -0.3 is 9.80 Å². The molecule has 0 unspecified atom stereocenters. The van der Waals surface area contributed by atoms with E-state index in [9.17, 15) is 4.79 Å². The minimum Gasteiger partial charge on any atom is -0.342 e. The predicted octanol–water partition coefficient (Wildman–Crippen LogP) is 2.29. The fourth-order valence-corrected chi connectivity index (χ4v) is 4.15. The zero-order chi connectivity index (χ0) is 16.1. The molecule has 0 saturated carbocycles. The average Bonchev–Trinajstić information content (AvgIpc) is 3.11.